The van der Waals surface area contributed by atoms with E-state index in [0.29, 0.717) is 5.56 Å². The first-order chi connectivity index (χ1) is 8.37. The highest BCUT2D eigenvalue weighted by Gasteiger charge is 2.45. The van der Waals surface area contributed by atoms with E-state index in [2.05, 4.69) is 4.98 Å². The Balaban J connectivity index is 2.38. The first-order valence-electron chi connectivity index (χ1n) is 5.68. The normalized spacial score (nSPS) is 31.8. The quantitative estimate of drug-likeness (QED) is 0.621. The average Bonchev–Trinajstić information content (AvgIpc) is 2.61. The molecule has 7 heteroatoms. The van der Waals surface area contributed by atoms with Crippen LogP contribution in [0.1, 0.15) is 25.1 Å². The lowest BCUT2D eigenvalue weighted by Crippen LogP contribution is -2.40. The van der Waals surface area contributed by atoms with Gasteiger partial charge in [0.05, 0.1) is 12.7 Å². The zero-order valence-electron chi connectivity index (χ0n) is 10.2. The molecule has 0 unspecified atom stereocenters. The van der Waals surface area contributed by atoms with E-state index >= 15 is 0 Å². The minimum absolute atomic E-state index is 0.0933. The number of nitrogens with one attached hydrogen (secondary N) is 1. The van der Waals surface area contributed by atoms with E-state index in [1.54, 1.807) is 13.8 Å². The fourth-order valence-electron chi connectivity index (χ4n) is 2.04. The first-order valence-corrected chi connectivity index (χ1v) is 5.68. The van der Waals surface area contributed by atoms with Crippen LogP contribution in [0.5, 0.6) is 0 Å². The number of ether oxygens (including phenoxy) is 1. The van der Waals surface area contributed by atoms with Crippen molar-refractivity contribution in [2.45, 2.75) is 38.2 Å². The second-order valence-corrected chi connectivity index (χ2v) is 4.68. The summed E-state index contributed by atoms with van der Waals surface area (Å²) in [5.74, 6) is 0. The van der Waals surface area contributed by atoms with Crippen LogP contribution in [-0.2, 0) is 4.74 Å². The number of aromatic amines is 1. The molecule has 0 aliphatic carbocycles. The summed E-state index contributed by atoms with van der Waals surface area (Å²) in [5, 5.41) is 19.2. The molecule has 0 radical (unpaired) electrons. The van der Waals surface area contributed by atoms with E-state index in [4.69, 9.17) is 9.84 Å². The van der Waals surface area contributed by atoms with Crippen LogP contribution in [0.3, 0.4) is 0 Å². The van der Waals surface area contributed by atoms with Crippen molar-refractivity contribution >= 4 is 0 Å². The third kappa shape index (κ3) is 2.00. The molecule has 2 rings (SSSR count). The van der Waals surface area contributed by atoms with Gasteiger partial charge in [0, 0.05) is 18.2 Å². The maximum absolute atomic E-state index is 11.7. The number of hydrogen-bond acceptors (Lipinski definition) is 5. The Kier molecular flexibility index (Phi) is 3.14. The predicted octanol–water partition coefficient (Wildman–Crippen LogP) is -1.12. The molecule has 1 saturated heterocycles. The van der Waals surface area contributed by atoms with Gasteiger partial charge in [0.25, 0.3) is 5.56 Å². The smallest absolute Gasteiger partial charge is 0.330 e. The number of nitrogens with zero attached hydrogens (tertiary/aromatic N) is 1. The van der Waals surface area contributed by atoms with Gasteiger partial charge in [0.15, 0.2) is 0 Å². The van der Waals surface area contributed by atoms with Crippen LogP contribution in [0, 0.1) is 6.92 Å². The van der Waals surface area contributed by atoms with Gasteiger partial charge in [-0.1, -0.05) is 0 Å². The van der Waals surface area contributed by atoms with E-state index in [9.17, 15) is 14.7 Å². The molecule has 18 heavy (non-hydrogen) atoms. The molecule has 3 atom stereocenters. The summed E-state index contributed by atoms with van der Waals surface area (Å²) in [6.45, 7) is 2.76. The number of rotatable bonds is 2. The molecule has 0 aromatic carbocycles. The third-order valence-corrected chi connectivity index (χ3v) is 3.38. The van der Waals surface area contributed by atoms with Gasteiger partial charge in [-0.3, -0.25) is 14.3 Å². The van der Waals surface area contributed by atoms with E-state index in [0.717, 1.165) is 0 Å². The summed E-state index contributed by atoms with van der Waals surface area (Å²) in [6.07, 6.45) is 0.199. The third-order valence-electron chi connectivity index (χ3n) is 3.38. The molecule has 3 N–H and O–H groups in total. The molecular formula is C11H16N2O5. The topological polar surface area (TPSA) is 105 Å². The molecule has 2 heterocycles. The van der Waals surface area contributed by atoms with Gasteiger partial charge in [-0.15, -0.1) is 0 Å². The van der Waals surface area contributed by atoms with E-state index in [1.807, 2.05) is 0 Å². The Morgan fingerprint density at radius 1 is 1.61 bits per heavy atom. The minimum Gasteiger partial charge on any atom is -0.393 e. The molecule has 0 spiro atoms. The lowest BCUT2D eigenvalue weighted by molar-refractivity contribution is -0.0729. The number of aryl methyl sites for hydroxylation is 1. The zero-order valence-corrected chi connectivity index (χ0v) is 10.2. The van der Waals surface area contributed by atoms with Crippen LogP contribution in [0.2, 0.25) is 0 Å². The summed E-state index contributed by atoms with van der Waals surface area (Å²) in [7, 11) is 0. The summed E-state index contributed by atoms with van der Waals surface area (Å²) in [6, 6.07) is 0. The fourth-order valence-corrected chi connectivity index (χ4v) is 2.04. The summed E-state index contributed by atoms with van der Waals surface area (Å²) in [4.78, 5) is 25.1. The van der Waals surface area contributed by atoms with Gasteiger partial charge < -0.3 is 14.9 Å². The van der Waals surface area contributed by atoms with Gasteiger partial charge in [0.2, 0.25) is 0 Å². The van der Waals surface area contributed by atoms with Crippen molar-refractivity contribution in [1.82, 2.24) is 9.55 Å². The van der Waals surface area contributed by atoms with E-state index in [1.165, 1.54) is 10.8 Å². The standard InChI is InChI=1S/C11H16N2O5/c1-6-4-13(10(16)12-9(6)15)8-3-11(17,5-14)7(2)18-8/h4,7-8,14,17H,3,5H2,1-2H3,(H,12,15,16)/t7-,8-,11+/m1/s1. The summed E-state index contributed by atoms with van der Waals surface area (Å²) in [5.41, 5.74) is -2.02. The maximum Gasteiger partial charge on any atom is 0.330 e. The van der Waals surface area contributed by atoms with Gasteiger partial charge >= 0.3 is 5.69 Å². The largest absolute Gasteiger partial charge is 0.393 e. The highest BCUT2D eigenvalue weighted by molar-refractivity contribution is 5.03. The van der Waals surface area contributed by atoms with Crippen LogP contribution in [0.25, 0.3) is 0 Å². The van der Waals surface area contributed by atoms with E-state index in [-0.39, 0.29) is 6.42 Å². The molecule has 0 bridgehead atoms. The Labute approximate surface area is 103 Å². The number of H-pyrrole nitrogens is 1. The molecule has 0 amide bonds. The lowest BCUT2D eigenvalue weighted by atomic mass is 9.97. The Morgan fingerprint density at radius 3 is 2.83 bits per heavy atom. The van der Waals surface area contributed by atoms with Crippen LogP contribution >= 0.6 is 0 Å². The molecule has 1 aliphatic heterocycles. The molecule has 1 aliphatic rings. The van der Waals surface area contributed by atoms with Crippen molar-refractivity contribution in [3.8, 4) is 0 Å². The Morgan fingerprint density at radius 2 is 2.28 bits per heavy atom. The fraction of sp³-hybridized carbons (Fsp3) is 0.636. The van der Waals surface area contributed by atoms with Gasteiger partial charge in [-0.2, -0.15) is 0 Å². The van der Waals surface area contributed by atoms with Gasteiger partial charge in [-0.25, -0.2) is 4.79 Å². The van der Waals surface area contributed by atoms with Crippen LogP contribution < -0.4 is 11.2 Å². The summed E-state index contributed by atoms with van der Waals surface area (Å²) >= 11 is 0. The van der Waals surface area contributed by atoms with Crippen molar-refractivity contribution in [3.05, 3.63) is 32.6 Å². The SMILES string of the molecule is Cc1cn([C@H]2C[C@](O)(CO)[C@@H](C)O2)c(=O)[nH]c1=O. The molecule has 0 saturated carbocycles. The predicted molar refractivity (Wildman–Crippen MR) is 62.3 cm³/mol. The molecule has 1 aromatic heterocycles. The van der Waals surface area contributed by atoms with Crippen LogP contribution in [0.15, 0.2) is 15.8 Å². The van der Waals surface area contributed by atoms with Crippen LogP contribution in [-0.4, -0.2) is 38.1 Å². The van der Waals surface area contributed by atoms with Crippen molar-refractivity contribution in [1.29, 1.82) is 0 Å². The lowest BCUT2D eigenvalue weighted by Gasteiger charge is -2.21. The highest BCUT2D eigenvalue weighted by Crippen LogP contribution is 2.35. The second kappa shape index (κ2) is 4.34. The van der Waals surface area contributed by atoms with Gasteiger partial charge in [0.1, 0.15) is 11.8 Å². The Hall–Kier alpha value is -1.44. The molecule has 7 nitrogen and oxygen atoms in total. The van der Waals surface area contributed by atoms with Crippen molar-refractivity contribution in [2.75, 3.05) is 6.61 Å². The molecule has 1 fully saturated rings. The minimum atomic E-state index is -1.37. The maximum atomic E-state index is 11.7. The van der Waals surface area contributed by atoms with Gasteiger partial charge in [-0.05, 0) is 13.8 Å². The second-order valence-electron chi connectivity index (χ2n) is 4.68. The van der Waals surface area contributed by atoms with E-state index < -0.39 is 35.8 Å². The number of aliphatic hydroxyl groups excluding tert-OH is 1. The monoisotopic (exact) mass is 256 g/mol. The number of hydrogen-bond donors (Lipinski definition) is 3. The molecular weight excluding hydrogens is 240 g/mol. The number of aliphatic hydroxyl groups is 2. The van der Waals surface area contributed by atoms with Crippen LogP contribution in [0.4, 0.5) is 0 Å². The van der Waals surface area contributed by atoms with Crippen molar-refractivity contribution in [2.24, 2.45) is 0 Å². The summed E-state index contributed by atoms with van der Waals surface area (Å²) < 4.78 is 6.68. The molecule has 1 aromatic rings. The highest BCUT2D eigenvalue weighted by atomic mass is 16.5. The van der Waals surface area contributed by atoms with Crippen molar-refractivity contribution < 1.29 is 14.9 Å². The average molecular weight is 256 g/mol. The van der Waals surface area contributed by atoms with Crippen molar-refractivity contribution in [3.63, 3.8) is 0 Å². The Bertz CT molecular complexity index is 563. The number of aromatic nitrogens is 2. The first kappa shape index (κ1) is 13.0. The zero-order chi connectivity index (χ0) is 13.5. The molecule has 100 valence electrons.